The normalized spacial score (nSPS) is 21.5. The van der Waals surface area contributed by atoms with Gasteiger partial charge in [0.05, 0.1) is 13.2 Å². The summed E-state index contributed by atoms with van der Waals surface area (Å²) in [6.45, 7) is 6.37. The van der Waals surface area contributed by atoms with Crippen molar-refractivity contribution in [1.82, 2.24) is 15.5 Å². The minimum absolute atomic E-state index is 0.0291. The molecule has 2 N–H and O–H groups in total. The van der Waals surface area contributed by atoms with Crippen LogP contribution in [0.5, 0.6) is 11.5 Å². The number of hydrogen-bond acceptors (Lipinski definition) is 5. The van der Waals surface area contributed by atoms with E-state index in [4.69, 9.17) is 9.47 Å². The van der Waals surface area contributed by atoms with Crippen molar-refractivity contribution in [3.05, 3.63) is 23.8 Å². The number of ether oxygens (including phenoxy) is 2. The van der Waals surface area contributed by atoms with Crippen LogP contribution in [0.1, 0.15) is 45.6 Å². The smallest absolute Gasteiger partial charge is 0.325 e. The van der Waals surface area contributed by atoms with E-state index in [0.29, 0.717) is 30.3 Å². The van der Waals surface area contributed by atoms with Gasteiger partial charge in [-0.2, -0.15) is 0 Å². The molecule has 1 aromatic rings. The molecule has 0 saturated carbocycles. The molecule has 3 rings (SSSR count). The highest BCUT2D eigenvalue weighted by Gasteiger charge is 2.49. The van der Waals surface area contributed by atoms with E-state index in [9.17, 15) is 14.4 Å². The van der Waals surface area contributed by atoms with Crippen LogP contribution in [0.3, 0.4) is 0 Å². The monoisotopic (exact) mass is 389 g/mol. The molecule has 2 aliphatic heterocycles. The molecule has 2 aliphatic rings. The maximum Gasteiger partial charge on any atom is 0.325 e. The van der Waals surface area contributed by atoms with Crippen LogP contribution in [-0.4, -0.2) is 48.5 Å². The number of rotatable bonds is 6. The molecule has 28 heavy (non-hydrogen) atoms. The first-order valence-corrected chi connectivity index (χ1v) is 9.72. The molecule has 1 atom stereocenters. The topological polar surface area (TPSA) is 97.0 Å². The van der Waals surface area contributed by atoms with Crippen LogP contribution in [0.15, 0.2) is 18.2 Å². The summed E-state index contributed by atoms with van der Waals surface area (Å²) in [4.78, 5) is 38.7. The summed E-state index contributed by atoms with van der Waals surface area (Å²) < 4.78 is 11.3. The largest absolute Gasteiger partial charge is 0.490 e. The van der Waals surface area contributed by atoms with Crippen molar-refractivity contribution in [2.75, 3.05) is 19.8 Å². The summed E-state index contributed by atoms with van der Waals surface area (Å²) in [7, 11) is 0. The maximum atomic E-state index is 13.0. The number of urea groups is 1. The van der Waals surface area contributed by atoms with E-state index in [2.05, 4.69) is 10.6 Å². The summed E-state index contributed by atoms with van der Waals surface area (Å²) in [5.74, 6) is 0.345. The van der Waals surface area contributed by atoms with E-state index in [1.54, 1.807) is 25.1 Å². The number of amides is 4. The molecule has 8 nitrogen and oxygen atoms in total. The Hall–Kier alpha value is -2.77. The number of imide groups is 1. The third kappa shape index (κ3) is 3.76. The van der Waals surface area contributed by atoms with E-state index in [1.807, 2.05) is 13.8 Å². The second-order valence-corrected chi connectivity index (χ2v) is 7.24. The van der Waals surface area contributed by atoms with Crippen molar-refractivity contribution >= 4 is 17.8 Å². The fourth-order valence-electron chi connectivity index (χ4n) is 3.42. The first kappa shape index (κ1) is 20.0. The second-order valence-electron chi connectivity index (χ2n) is 7.24. The molecule has 8 heteroatoms. The third-order valence-corrected chi connectivity index (χ3v) is 5.25. The predicted octanol–water partition coefficient (Wildman–Crippen LogP) is 1.92. The quantitative estimate of drug-likeness (QED) is 0.725. The average molecular weight is 389 g/mol. The molecular formula is C20H27N3O5. The zero-order valence-electron chi connectivity index (χ0n) is 16.5. The third-order valence-electron chi connectivity index (χ3n) is 5.25. The summed E-state index contributed by atoms with van der Waals surface area (Å²) in [6.07, 6.45) is 2.35. The van der Waals surface area contributed by atoms with Gasteiger partial charge in [-0.25, -0.2) is 4.79 Å². The Morgan fingerprint density at radius 3 is 2.57 bits per heavy atom. The van der Waals surface area contributed by atoms with Crippen molar-refractivity contribution in [2.45, 2.75) is 51.6 Å². The lowest BCUT2D eigenvalue weighted by molar-refractivity contribution is -0.135. The van der Waals surface area contributed by atoms with Gasteiger partial charge in [0.25, 0.3) is 5.91 Å². The Labute approximate surface area is 164 Å². The van der Waals surface area contributed by atoms with Crippen LogP contribution in [0, 0.1) is 0 Å². The maximum absolute atomic E-state index is 13.0. The molecule has 1 fully saturated rings. The summed E-state index contributed by atoms with van der Waals surface area (Å²) in [6, 6.07) is 4.63. The first-order chi connectivity index (χ1) is 13.4. The lowest BCUT2D eigenvalue weighted by Gasteiger charge is -2.23. The van der Waals surface area contributed by atoms with E-state index in [0.717, 1.165) is 24.2 Å². The van der Waals surface area contributed by atoms with Gasteiger partial charge in [0.1, 0.15) is 12.1 Å². The molecule has 152 valence electrons. The van der Waals surface area contributed by atoms with Gasteiger partial charge in [-0.3, -0.25) is 14.5 Å². The molecule has 2 heterocycles. The summed E-state index contributed by atoms with van der Waals surface area (Å²) in [5, 5.41) is 5.57. The van der Waals surface area contributed by atoms with Gasteiger partial charge < -0.3 is 20.1 Å². The van der Waals surface area contributed by atoms with Crippen molar-refractivity contribution in [3.63, 3.8) is 0 Å². The van der Waals surface area contributed by atoms with Crippen LogP contribution in [0.2, 0.25) is 0 Å². The van der Waals surface area contributed by atoms with E-state index < -0.39 is 17.5 Å². The van der Waals surface area contributed by atoms with Crippen molar-refractivity contribution in [3.8, 4) is 11.5 Å². The fraction of sp³-hybridized carbons (Fsp3) is 0.550. The van der Waals surface area contributed by atoms with E-state index in [1.165, 1.54) is 0 Å². The SMILES string of the molecule is CCC(CC)NC(=O)CN1C(=O)N[C@@](C)(c2ccc3c(c2)OCCCO3)C1=O. The Bertz CT molecular complexity index is 777. The standard InChI is InChI=1S/C20H27N3O5/c1-4-14(5-2)21-17(24)12-23-18(25)20(3,22-19(23)26)13-7-8-15-16(11-13)28-10-6-9-27-15/h7-8,11,14H,4-6,9-10,12H2,1-3H3,(H,21,24)(H,22,26)/t20-/m0/s1. The first-order valence-electron chi connectivity index (χ1n) is 9.72. The highest BCUT2D eigenvalue weighted by atomic mass is 16.5. The molecule has 0 radical (unpaired) electrons. The number of benzene rings is 1. The molecule has 1 aromatic carbocycles. The minimum atomic E-state index is -1.27. The number of carbonyl (C=O) groups excluding carboxylic acids is 3. The lowest BCUT2D eigenvalue weighted by atomic mass is 9.91. The molecular weight excluding hydrogens is 362 g/mol. The van der Waals surface area contributed by atoms with Crippen molar-refractivity contribution in [2.24, 2.45) is 0 Å². The molecule has 0 unspecified atom stereocenters. The Morgan fingerprint density at radius 1 is 1.21 bits per heavy atom. The zero-order valence-corrected chi connectivity index (χ0v) is 16.5. The Balaban J connectivity index is 1.78. The van der Waals surface area contributed by atoms with Crippen molar-refractivity contribution < 1.29 is 23.9 Å². The number of hydrogen-bond donors (Lipinski definition) is 2. The Morgan fingerprint density at radius 2 is 1.89 bits per heavy atom. The van der Waals surface area contributed by atoms with Crippen LogP contribution in [-0.2, 0) is 15.1 Å². The van der Waals surface area contributed by atoms with Gasteiger partial charge in [0.15, 0.2) is 11.5 Å². The van der Waals surface area contributed by atoms with E-state index in [-0.39, 0.29) is 18.5 Å². The number of nitrogens with zero attached hydrogens (tertiary/aromatic N) is 1. The van der Waals surface area contributed by atoms with Gasteiger partial charge in [-0.05, 0) is 37.5 Å². The minimum Gasteiger partial charge on any atom is -0.490 e. The molecule has 0 aliphatic carbocycles. The molecule has 0 bridgehead atoms. The molecule has 0 aromatic heterocycles. The van der Waals surface area contributed by atoms with Gasteiger partial charge >= 0.3 is 6.03 Å². The lowest BCUT2D eigenvalue weighted by Crippen LogP contribution is -2.45. The molecule has 4 amide bonds. The van der Waals surface area contributed by atoms with Gasteiger partial charge in [-0.1, -0.05) is 19.9 Å². The zero-order chi connectivity index (χ0) is 20.3. The van der Waals surface area contributed by atoms with Crippen LogP contribution in [0.4, 0.5) is 4.79 Å². The number of fused-ring (bicyclic) bond motifs is 1. The highest BCUT2D eigenvalue weighted by Crippen LogP contribution is 2.36. The second kappa shape index (κ2) is 8.08. The van der Waals surface area contributed by atoms with Crippen molar-refractivity contribution in [1.29, 1.82) is 0 Å². The summed E-state index contributed by atoms with van der Waals surface area (Å²) in [5.41, 5.74) is -0.685. The van der Waals surface area contributed by atoms with Crippen LogP contribution < -0.4 is 20.1 Å². The Kier molecular flexibility index (Phi) is 5.76. The van der Waals surface area contributed by atoms with E-state index >= 15 is 0 Å². The summed E-state index contributed by atoms with van der Waals surface area (Å²) >= 11 is 0. The average Bonchev–Trinajstić information content (AvgIpc) is 2.86. The van der Waals surface area contributed by atoms with Crippen LogP contribution >= 0.6 is 0 Å². The van der Waals surface area contributed by atoms with Crippen LogP contribution in [0.25, 0.3) is 0 Å². The predicted molar refractivity (Wildman–Crippen MR) is 102 cm³/mol. The molecule has 0 spiro atoms. The number of carbonyl (C=O) groups is 3. The van der Waals surface area contributed by atoms with Gasteiger partial charge in [-0.15, -0.1) is 0 Å². The van der Waals surface area contributed by atoms with Gasteiger partial charge in [0.2, 0.25) is 5.91 Å². The highest BCUT2D eigenvalue weighted by molar-refractivity contribution is 6.09. The molecule has 1 saturated heterocycles. The number of nitrogens with one attached hydrogen (secondary N) is 2. The fourth-order valence-corrected chi connectivity index (χ4v) is 3.42. The van der Waals surface area contributed by atoms with Gasteiger partial charge in [0, 0.05) is 12.5 Å².